The van der Waals surface area contributed by atoms with Gasteiger partial charge < -0.3 is 15.2 Å². The molecule has 4 nitrogen and oxygen atoms in total. The van der Waals surface area contributed by atoms with Crippen molar-refractivity contribution >= 4 is 17.7 Å². The molecular formula is C10H19NO3S. The molecule has 1 heterocycles. The summed E-state index contributed by atoms with van der Waals surface area (Å²) in [5.41, 5.74) is 0. The molecule has 2 N–H and O–H groups in total. The van der Waals surface area contributed by atoms with Crippen molar-refractivity contribution in [1.29, 1.82) is 0 Å². The Kier molecular flexibility index (Phi) is 4.89. The van der Waals surface area contributed by atoms with Crippen LogP contribution < -0.4 is 5.32 Å². The number of aliphatic hydroxyl groups is 1. The van der Waals surface area contributed by atoms with Crippen molar-refractivity contribution in [2.45, 2.75) is 30.6 Å². The Hall–Kier alpha value is -0.260. The summed E-state index contributed by atoms with van der Waals surface area (Å²) in [5.74, 6) is 1.07. The summed E-state index contributed by atoms with van der Waals surface area (Å²) >= 11 is 1.69. The van der Waals surface area contributed by atoms with Crippen molar-refractivity contribution in [3.05, 3.63) is 0 Å². The molecule has 0 saturated carbocycles. The molecule has 1 aliphatic heterocycles. The number of carbonyl (C=O) groups is 1. The van der Waals surface area contributed by atoms with Gasteiger partial charge in [0, 0.05) is 13.7 Å². The number of thioether (sulfide) groups is 1. The number of ether oxygens (including phenoxy) is 1. The fraction of sp³-hybridized carbons (Fsp3) is 0.900. The van der Waals surface area contributed by atoms with Crippen molar-refractivity contribution in [3.8, 4) is 0 Å². The highest BCUT2D eigenvalue weighted by Gasteiger charge is 2.36. The number of hydrogen-bond donors (Lipinski definition) is 2. The van der Waals surface area contributed by atoms with E-state index in [-0.39, 0.29) is 23.8 Å². The zero-order valence-corrected chi connectivity index (χ0v) is 10.1. The molecular weight excluding hydrogens is 214 g/mol. The number of nitrogens with one attached hydrogen (secondary N) is 1. The molecule has 88 valence electrons. The van der Waals surface area contributed by atoms with Crippen LogP contribution in [0.5, 0.6) is 0 Å². The van der Waals surface area contributed by atoms with E-state index in [1.54, 1.807) is 11.8 Å². The molecule has 1 rings (SSSR count). The lowest BCUT2D eigenvalue weighted by atomic mass is 10.0. The molecule has 0 aromatic heterocycles. The van der Waals surface area contributed by atoms with E-state index in [4.69, 9.17) is 4.74 Å². The molecule has 2 atom stereocenters. The molecule has 0 aliphatic carbocycles. The van der Waals surface area contributed by atoms with E-state index in [2.05, 4.69) is 5.32 Å². The second-order valence-electron chi connectivity index (χ2n) is 4.00. The standard InChI is InChI=1S/C10H19NO3S/c1-10(4-3-5-15-10)9(13)11-6-8(12)7-14-2/h8,12H,3-7H2,1-2H3,(H,11,13). The number of carbonyl (C=O) groups excluding carboxylic acids is 1. The Morgan fingerprint density at radius 2 is 2.47 bits per heavy atom. The molecule has 2 unspecified atom stereocenters. The minimum absolute atomic E-state index is 0.0279. The maximum absolute atomic E-state index is 11.8. The Morgan fingerprint density at radius 3 is 3.00 bits per heavy atom. The topological polar surface area (TPSA) is 58.6 Å². The predicted molar refractivity (Wildman–Crippen MR) is 61.0 cm³/mol. The normalized spacial score (nSPS) is 27.7. The van der Waals surface area contributed by atoms with Gasteiger partial charge in [-0.2, -0.15) is 0 Å². The van der Waals surface area contributed by atoms with Gasteiger partial charge >= 0.3 is 0 Å². The summed E-state index contributed by atoms with van der Waals surface area (Å²) in [6, 6.07) is 0. The molecule has 15 heavy (non-hydrogen) atoms. The van der Waals surface area contributed by atoms with Crippen LogP contribution in [0.15, 0.2) is 0 Å². The highest BCUT2D eigenvalue weighted by molar-refractivity contribution is 8.01. The molecule has 0 aromatic rings. The smallest absolute Gasteiger partial charge is 0.236 e. The number of aliphatic hydroxyl groups excluding tert-OH is 1. The summed E-state index contributed by atoms with van der Waals surface area (Å²) in [7, 11) is 1.53. The van der Waals surface area contributed by atoms with Crippen molar-refractivity contribution < 1.29 is 14.6 Å². The maximum atomic E-state index is 11.8. The van der Waals surface area contributed by atoms with Crippen LogP contribution in [0.2, 0.25) is 0 Å². The largest absolute Gasteiger partial charge is 0.389 e. The third-order valence-electron chi connectivity index (χ3n) is 2.56. The zero-order chi connectivity index (χ0) is 11.3. The van der Waals surface area contributed by atoms with Gasteiger partial charge in [0.15, 0.2) is 0 Å². The number of methoxy groups -OCH3 is 1. The number of amides is 1. The summed E-state index contributed by atoms with van der Waals surface area (Å²) in [5, 5.41) is 12.1. The van der Waals surface area contributed by atoms with Crippen LogP contribution in [0, 0.1) is 0 Å². The van der Waals surface area contributed by atoms with Crippen LogP contribution in [0.1, 0.15) is 19.8 Å². The van der Waals surface area contributed by atoms with E-state index in [1.807, 2.05) is 6.92 Å². The molecule has 0 bridgehead atoms. The molecule has 0 spiro atoms. The molecule has 1 amide bonds. The third kappa shape index (κ3) is 3.66. The van der Waals surface area contributed by atoms with E-state index in [0.29, 0.717) is 0 Å². The Balaban J connectivity index is 2.29. The Morgan fingerprint density at radius 1 is 1.73 bits per heavy atom. The maximum Gasteiger partial charge on any atom is 0.236 e. The second kappa shape index (κ2) is 5.72. The van der Waals surface area contributed by atoms with Crippen molar-refractivity contribution in [3.63, 3.8) is 0 Å². The van der Waals surface area contributed by atoms with Crippen molar-refractivity contribution in [2.75, 3.05) is 26.0 Å². The van der Waals surface area contributed by atoms with Crippen molar-refractivity contribution in [2.24, 2.45) is 0 Å². The first-order chi connectivity index (χ1) is 7.08. The fourth-order valence-electron chi connectivity index (χ4n) is 1.61. The van der Waals surface area contributed by atoms with Crippen LogP contribution >= 0.6 is 11.8 Å². The van der Waals surface area contributed by atoms with E-state index in [9.17, 15) is 9.90 Å². The highest BCUT2D eigenvalue weighted by Crippen LogP contribution is 2.37. The quantitative estimate of drug-likeness (QED) is 0.721. The monoisotopic (exact) mass is 233 g/mol. The summed E-state index contributed by atoms with van der Waals surface area (Å²) in [4.78, 5) is 11.8. The van der Waals surface area contributed by atoms with Crippen LogP contribution in [-0.4, -0.2) is 47.9 Å². The molecule has 1 saturated heterocycles. The van der Waals surface area contributed by atoms with Gasteiger partial charge in [0.25, 0.3) is 0 Å². The molecule has 1 fully saturated rings. The van der Waals surface area contributed by atoms with Gasteiger partial charge in [0.1, 0.15) is 0 Å². The first kappa shape index (κ1) is 12.8. The van der Waals surface area contributed by atoms with Gasteiger partial charge in [-0.1, -0.05) is 0 Å². The van der Waals surface area contributed by atoms with Gasteiger partial charge in [-0.3, -0.25) is 4.79 Å². The lowest BCUT2D eigenvalue weighted by Crippen LogP contribution is -2.44. The molecule has 1 aliphatic rings. The van der Waals surface area contributed by atoms with Crippen LogP contribution in [0.3, 0.4) is 0 Å². The minimum atomic E-state index is -0.617. The van der Waals surface area contributed by atoms with Crippen LogP contribution in [0.25, 0.3) is 0 Å². The summed E-state index contributed by atoms with van der Waals surface area (Å²) < 4.78 is 4.48. The third-order valence-corrected chi connectivity index (χ3v) is 4.08. The average molecular weight is 233 g/mol. The van der Waals surface area contributed by atoms with E-state index < -0.39 is 6.10 Å². The molecule has 5 heteroatoms. The van der Waals surface area contributed by atoms with Crippen LogP contribution in [-0.2, 0) is 9.53 Å². The van der Waals surface area contributed by atoms with Crippen molar-refractivity contribution in [1.82, 2.24) is 5.32 Å². The highest BCUT2D eigenvalue weighted by atomic mass is 32.2. The van der Waals surface area contributed by atoms with Gasteiger partial charge in [0.2, 0.25) is 5.91 Å². The zero-order valence-electron chi connectivity index (χ0n) is 9.28. The van der Waals surface area contributed by atoms with E-state index in [0.717, 1.165) is 18.6 Å². The molecule has 0 aromatic carbocycles. The summed E-state index contributed by atoms with van der Waals surface area (Å²) in [6.45, 7) is 2.48. The van der Waals surface area contributed by atoms with Gasteiger partial charge in [-0.05, 0) is 25.5 Å². The van der Waals surface area contributed by atoms with Gasteiger partial charge in [0.05, 0.1) is 17.5 Å². The SMILES string of the molecule is COCC(O)CNC(=O)C1(C)CCCS1. The first-order valence-electron chi connectivity index (χ1n) is 5.18. The second-order valence-corrected chi connectivity index (χ2v) is 5.60. The van der Waals surface area contributed by atoms with E-state index in [1.165, 1.54) is 7.11 Å². The lowest BCUT2D eigenvalue weighted by Gasteiger charge is -2.22. The Labute approximate surface area is 94.8 Å². The number of hydrogen-bond acceptors (Lipinski definition) is 4. The summed E-state index contributed by atoms with van der Waals surface area (Å²) in [6.07, 6.45) is 1.40. The predicted octanol–water partition coefficient (Wildman–Crippen LogP) is 0.396. The number of rotatable bonds is 5. The average Bonchev–Trinajstić information content (AvgIpc) is 2.63. The minimum Gasteiger partial charge on any atom is -0.389 e. The fourth-order valence-corrected chi connectivity index (χ4v) is 2.84. The molecule has 0 radical (unpaired) electrons. The first-order valence-corrected chi connectivity index (χ1v) is 6.16. The van der Waals surface area contributed by atoms with Gasteiger partial charge in [-0.15, -0.1) is 11.8 Å². The lowest BCUT2D eigenvalue weighted by molar-refractivity contribution is -0.123. The Bertz CT molecular complexity index is 217. The van der Waals surface area contributed by atoms with Gasteiger partial charge in [-0.25, -0.2) is 0 Å². The van der Waals surface area contributed by atoms with Crippen LogP contribution in [0.4, 0.5) is 0 Å². The van der Waals surface area contributed by atoms with E-state index >= 15 is 0 Å².